The molecule has 98 valence electrons. The van der Waals surface area contributed by atoms with Gasteiger partial charge in [-0.2, -0.15) is 0 Å². The molecule has 0 bridgehead atoms. The van der Waals surface area contributed by atoms with Crippen LogP contribution >= 0.6 is 0 Å². The molecule has 1 fully saturated rings. The van der Waals surface area contributed by atoms with Gasteiger partial charge in [0.15, 0.2) is 0 Å². The van der Waals surface area contributed by atoms with E-state index in [1.165, 1.54) is 0 Å². The minimum atomic E-state index is 0.0369. The molecule has 1 heterocycles. The predicted octanol–water partition coefficient (Wildman–Crippen LogP) is 1.83. The Morgan fingerprint density at radius 2 is 2.22 bits per heavy atom. The van der Waals surface area contributed by atoms with E-state index in [4.69, 9.17) is 10.5 Å². The lowest BCUT2D eigenvalue weighted by Gasteiger charge is -2.27. The zero-order valence-corrected chi connectivity index (χ0v) is 11.1. The molecule has 0 saturated carbocycles. The van der Waals surface area contributed by atoms with Gasteiger partial charge in [0, 0.05) is 24.9 Å². The van der Waals surface area contributed by atoms with Crippen molar-refractivity contribution in [3.63, 3.8) is 0 Å². The van der Waals surface area contributed by atoms with Gasteiger partial charge < -0.3 is 15.4 Å². The third-order valence-corrected chi connectivity index (χ3v) is 3.63. The molecular weight excluding hydrogens is 228 g/mol. The molecule has 2 atom stereocenters. The Morgan fingerprint density at radius 1 is 1.50 bits per heavy atom. The Morgan fingerprint density at radius 3 is 2.78 bits per heavy atom. The molecule has 0 spiro atoms. The highest BCUT2D eigenvalue weighted by molar-refractivity contribution is 5.96. The number of nitrogen functional groups attached to an aromatic ring is 1. The molecular formula is C14H20N2O2. The smallest absolute Gasteiger partial charge is 0.254 e. The van der Waals surface area contributed by atoms with E-state index < -0.39 is 0 Å². The number of hydrogen-bond acceptors (Lipinski definition) is 3. The van der Waals surface area contributed by atoms with Crippen molar-refractivity contribution in [3.8, 4) is 0 Å². The number of nitrogens with zero attached hydrogens (tertiary/aromatic N) is 1. The second-order valence-electron chi connectivity index (χ2n) is 4.92. The van der Waals surface area contributed by atoms with Crippen LogP contribution in [0.15, 0.2) is 18.2 Å². The Hall–Kier alpha value is -1.55. The Bertz CT molecular complexity index is 459. The lowest BCUT2D eigenvalue weighted by atomic mass is 10.0. The third-order valence-electron chi connectivity index (χ3n) is 3.63. The van der Waals surface area contributed by atoms with Crippen LogP contribution in [0.5, 0.6) is 0 Å². The van der Waals surface area contributed by atoms with Crippen molar-refractivity contribution in [2.75, 3.05) is 19.4 Å². The summed E-state index contributed by atoms with van der Waals surface area (Å²) in [5.74, 6) is 0.0369. The molecule has 18 heavy (non-hydrogen) atoms. The lowest BCUT2D eigenvalue weighted by molar-refractivity contribution is 0.0574. The van der Waals surface area contributed by atoms with Crippen LogP contribution in [0.3, 0.4) is 0 Å². The Labute approximate surface area is 108 Å². The maximum Gasteiger partial charge on any atom is 0.254 e. The van der Waals surface area contributed by atoms with Gasteiger partial charge in [-0.3, -0.25) is 4.79 Å². The van der Waals surface area contributed by atoms with Crippen LogP contribution < -0.4 is 5.73 Å². The number of amides is 1. The maximum absolute atomic E-state index is 12.4. The van der Waals surface area contributed by atoms with Gasteiger partial charge in [0.1, 0.15) is 0 Å². The third kappa shape index (κ3) is 2.34. The SMILES string of the molecule is Cc1cc(N)ccc1C(=O)N(C)C1CCOC1C. The van der Waals surface area contributed by atoms with Crippen LogP contribution in [-0.2, 0) is 4.74 Å². The van der Waals surface area contributed by atoms with E-state index in [0.29, 0.717) is 11.3 Å². The number of benzene rings is 1. The summed E-state index contributed by atoms with van der Waals surface area (Å²) in [7, 11) is 1.84. The number of likely N-dealkylation sites (N-methyl/N-ethyl adjacent to an activating group) is 1. The largest absolute Gasteiger partial charge is 0.399 e. The number of nitrogens with two attached hydrogens (primary N) is 1. The molecule has 2 unspecified atom stereocenters. The van der Waals surface area contributed by atoms with Crippen molar-refractivity contribution in [2.45, 2.75) is 32.4 Å². The van der Waals surface area contributed by atoms with E-state index in [9.17, 15) is 4.79 Å². The van der Waals surface area contributed by atoms with Gasteiger partial charge in [-0.05, 0) is 44.0 Å². The minimum absolute atomic E-state index is 0.0369. The van der Waals surface area contributed by atoms with E-state index in [0.717, 1.165) is 18.6 Å². The number of ether oxygens (including phenoxy) is 1. The van der Waals surface area contributed by atoms with Gasteiger partial charge >= 0.3 is 0 Å². The standard InChI is InChI=1S/C14H20N2O2/c1-9-8-11(15)4-5-12(9)14(17)16(3)13-6-7-18-10(13)2/h4-5,8,10,13H,6-7,15H2,1-3H3. The van der Waals surface area contributed by atoms with Crippen molar-refractivity contribution < 1.29 is 9.53 Å². The van der Waals surface area contributed by atoms with Crippen molar-refractivity contribution in [3.05, 3.63) is 29.3 Å². The van der Waals surface area contributed by atoms with Gasteiger partial charge in [0.25, 0.3) is 5.91 Å². The summed E-state index contributed by atoms with van der Waals surface area (Å²) in [4.78, 5) is 14.2. The molecule has 2 N–H and O–H groups in total. The summed E-state index contributed by atoms with van der Waals surface area (Å²) in [5, 5.41) is 0. The van der Waals surface area contributed by atoms with Crippen LogP contribution in [0.1, 0.15) is 29.3 Å². The highest BCUT2D eigenvalue weighted by atomic mass is 16.5. The summed E-state index contributed by atoms with van der Waals surface area (Å²) in [5.41, 5.74) is 8.02. The Kier molecular flexibility index (Phi) is 3.57. The van der Waals surface area contributed by atoms with Crippen LogP contribution in [0.25, 0.3) is 0 Å². The average Bonchev–Trinajstić information content (AvgIpc) is 2.74. The van der Waals surface area contributed by atoms with Gasteiger partial charge in [-0.1, -0.05) is 0 Å². The number of aryl methyl sites for hydroxylation is 1. The van der Waals surface area contributed by atoms with Crippen LogP contribution in [0.4, 0.5) is 5.69 Å². The number of rotatable bonds is 2. The lowest BCUT2D eigenvalue weighted by Crippen LogP contribution is -2.41. The maximum atomic E-state index is 12.4. The average molecular weight is 248 g/mol. The first-order valence-corrected chi connectivity index (χ1v) is 6.25. The fraction of sp³-hybridized carbons (Fsp3) is 0.500. The normalized spacial score (nSPS) is 23.1. The number of carbonyl (C=O) groups is 1. The first kappa shape index (κ1) is 12.9. The van der Waals surface area contributed by atoms with Gasteiger partial charge in [-0.25, -0.2) is 0 Å². The van der Waals surface area contributed by atoms with E-state index in [-0.39, 0.29) is 18.1 Å². The number of carbonyl (C=O) groups excluding carboxylic acids is 1. The molecule has 1 amide bonds. The van der Waals surface area contributed by atoms with E-state index in [2.05, 4.69) is 0 Å². The molecule has 0 aromatic heterocycles. The van der Waals surface area contributed by atoms with Crippen LogP contribution in [0, 0.1) is 6.92 Å². The molecule has 0 radical (unpaired) electrons. The summed E-state index contributed by atoms with van der Waals surface area (Å²) >= 11 is 0. The van der Waals surface area contributed by atoms with Crippen LogP contribution in [0.2, 0.25) is 0 Å². The summed E-state index contributed by atoms with van der Waals surface area (Å²) < 4.78 is 5.51. The topological polar surface area (TPSA) is 55.6 Å². The van der Waals surface area contributed by atoms with Gasteiger partial charge in [0.05, 0.1) is 12.1 Å². The molecule has 1 aromatic carbocycles. The second kappa shape index (κ2) is 4.98. The van der Waals surface area contributed by atoms with E-state index in [1.807, 2.05) is 27.0 Å². The van der Waals surface area contributed by atoms with Crippen LogP contribution in [-0.4, -0.2) is 36.6 Å². The van der Waals surface area contributed by atoms with Gasteiger partial charge in [0.2, 0.25) is 0 Å². The quantitative estimate of drug-likeness (QED) is 0.812. The molecule has 1 aliphatic heterocycles. The van der Waals surface area contributed by atoms with E-state index >= 15 is 0 Å². The summed E-state index contributed by atoms with van der Waals surface area (Å²) in [6.45, 7) is 4.65. The number of anilines is 1. The summed E-state index contributed by atoms with van der Waals surface area (Å²) in [6, 6.07) is 5.55. The molecule has 2 rings (SSSR count). The molecule has 1 saturated heterocycles. The van der Waals surface area contributed by atoms with Gasteiger partial charge in [-0.15, -0.1) is 0 Å². The van der Waals surface area contributed by atoms with Crippen molar-refractivity contribution in [1.82, 2.24) is 4.90 Å². The zero-order chi connectivity index (χ0) is 13.3. The predicted molar refractivity (Wildman–Crippen MR) is 71.5 cm³/mol. The fourth-order valence-electron chi connectivity index (χ4n) is 2.50. The fourth-order valence-corrected chi connectivity index (χ4v) is 2.50. The highest BCUT2D eigenvalue weighted by Gasteiger charge is 2.31. The first-order chi connectivity index (χ1) is 8.50. The monoisotopic (exact) mass is 248 g/mol. The first-order valence-electron chi connectivity index (χ1n) is 6.25. The molecule has 1 aliphatic rings. The second-order valence-corrected chi connectivity index (χ2v) is 4.92. The molecule has 0 aliphatic carbocycles. The van der Waals surface area contributed by atoms with E-state index in [1.54, 1.807) is 17.0 Å². The molecule has 4 heteroatoms. The zero-order valence-electron chi connectivity index (χ0n) is 11.1. The Balaban J connectivity index is 2.20. The van der Waals surface area contributed by atoms with Crippen molar-refractivity contribution in [2.24, 2.45) is 0 Å². The van der Waals surface area contributed by atoms with Crippen molar-refractivity contribution in [1.29, 1.82) is 0 Å². The number of hydrogen-bond donors (Lipinski definition) is 1. The highest BCUT2D eigenvalue weighted by Crippen LogP contribution is 2.21. The van der Waals surface area contributed by atoms with Crippen molar-refractivity contribution >= 4 is 11.6 Å². The minimum Gasteiger partial charge on any atom is -0.399 e. The molecule has 4 nitrogen and oxygen atoms in total. The molecule has 1 aromatic rings. The summed E-state index contributed by atoms with van der Waals surface area (Å²) in [6.07, 6.45) is 1.00.